The van der Waals surface area contributed by atoms with Gasteiger partial charge in [-0.05, 0) is 23.1 Å². The van der Waals surface area contributed by atoms with Crippen molar-refractivity contribution in [2.24, 2.45) is 5.41 Å². The van der Waals surface area contributed by atoms with Crippen LogP contribution in [-0.2, 0) is 17.9 Å². The molecule has 2 heterocycles. The first kappa shape index (κ1) is 20.3. The lowest BCUT2D eigenvalue weighted by Crippen LogP contribution is -2.30. The number of nitrogens with zero attached hydrogens (tertiary/aromatic N) is 4. The summed E-state index contributed by atoms with van der Waals surface area (Å²) >= 11 is 3.41. The van der Waals surface area contributed by atoms with Gasteiger partial charge < -0.3 is 5.32 Å². The Balaban J connectivity index is 1.69. The van der Waals surface area contributed by atoms with Crippen molar-refractivity contribution in [1.29, 1.82) is 0 Å². The Kier molecular flexibility index (Phi) is 5.98. The Morgan fingerprint density at radius 2 is 1.93 bits per heavy atom. The normalized spacial score (nSPS) is 11.7. The molecule has 2 aromatic heterocycles. The predicted octanol–water partition coefficient (Wildman–Crippen LogP) is 2.96. The van der Waals surface area contributed by atoms with Gasteiger partial charge in [-0.25, -0.2) is 9.67 Å². The van der Waals surface area contributed by atoms with Crippen LogP contribution in [0.1, 0.15) is 32.8 Å². The SMILES string of the molecule is CC(C)(C)CC(=O)NCCn1ncc2c(=O)n(Cc3ccc(Br)cc3)cnc21. The molecular weight excluding hydrogens is 422 g/mol. The summed E-state index contributed by atoms with van der Waals surface area (Å²) in [5.41, 5.74) is 1.36. The minimum atomic E-state index is -0.129. The van der Waals surface area contributed by atoms with E-state index in [0.29, 0.717) is 37.1 Å². The lowest BCUT2D eigenvalue weighted by molar-refractivity contribution is -0.122. The van der Waals surface area contributed by atoms with Crippen molar-refractivity contribution in [3.8, 4) is 0 Å². The van der Waals surface area contributed by atoms with E-state index in [1.54, 1.807) is 21.8 Å². The van der Waals surface area contributed by atoms with Crippen LogP contribution in [0.2, 0.25) is 0 Å². The van der Waals surface area contributed by atoms with E-state index in [4.69, 9.17) is 0 Å². The van der Waals surface area contributed by atoms with Gasteiger partial charge in [-0.1, -0.05) is 48.8 Å². The smallest absolute Gasteiger partial charge is 0.264 e. The maximum atomic E-state index is 12.7. The summed E-state index contributed by atoms with van der Waals surface area (Å²) in [6.07, 6.45) is 3.55. The summed E-state index contributed by atoms with van der Waals surface area (Å²) in [5.74, 6) is 0.00812. The van der Waals surface area contributed by atoms with E-state index in [1.165, 1.54) is 0 Å². The van der Waals surface area contributed by atoms with Gasteiger partial charge in [0.05, 0.1) is 19.3 Å². The molecule has 8 heteroatoms. The summed E-state index contributed by atoms with van der Waals surface area (Å²) in [5, 5.41) is 7.63. The number of amides is 1. The molecule has 0 bridgehead atoms. The van der Waals surface area contributed by atoms with Gasteiger partial charge in [0.15, 0.2) is 5.65 Å². The highest BCUT2D eigenvalue weighted by Gasteiger charge is 2.16. The monoisotopic (exact) mass is 445 g/mol. The highest BCUT2D eigenvalue weighted by Crippen LogP contribution is 2.17. The number of hydrogen-bond donors (Lipinski definition) is 1. The van der Waals surface area contributed by atoms with Crippen LogP contribution >= 0.6 is 15.9 Å². The fourth-order valence-electron chi connectivity index (χ4n) is 2.91. The van der Waals surface area contributed by atoms with Gasteiger partial charge in [-0.15, -0.1) is 0 Å². The summed E-state index contributed by atoms with van der Waals surface area (Å²) in [7, 11) is 0. The van der Waals surface area contributed by atoms with Crippen LogP contribution in [0.15, 0.2) is 46.1 Å². The van der Waals surface area contributed by atoms with Crippen LogP contribution in [0, 0.1) is 5.41 Å². The molecule has 0 aliphatic carbocycles. The van der Waals surface area contributed by atoms with Crippen molar-refractivity contribution in [1.82, 2.24) is 24.6 Å². The molecule has 0 saturated carbocycles. The average Bonchev–Trinajstić information content (AvgIpc) is 3.01. The Morgan fingerprint density at radius 1 is 1.21 bits per heavy atom. The van der Waals surface area contributed by atoms with Crippen LogP contribution in [0.5, 0.6) is 0 Å². The molecule has 148 valence electrons. The van der Waals surface area contributed by atoms with Crippen molar-refractivity contribution in [2.45, 2.75) is 40.3 Å². The number of nitrogens with one attached hydrogen (secondary N) is 1. The highest BCUT2D eigenvalue weighted by molar-refractivity contribution is 9.10. The minimum absolute atomic E-state index is 0.00812. The van der Waals surface area contributed by atoms with E-state index in [0.717, 1.165) is 10.0 Å². The number of hydrogen-bond acceptors (Lipinski definition) is 4. The van der Waals surface area contributed by atoms with Gasteiger partial charge in [0.1, 0.15) is 11.7 Å². The fraction of sp³-hybridized carbons (Fsp3) is 0.400. The standard InChI is InChI=1S/C20H24BrN5O2/c1-20(2,3)10-17(27)22-8-9-26-18-16(11-24-26)19(28)25(13-23-18)12-14-4-6-15(21)7-5-14/h4-7,11,13H,8-10,12H2,1-3H3,(H,22,27). The molecule has 0 radical (unpaired) electrons. The van der Waals surface area contributed by atoms with E-state index in [9.17, 15) is 9.59 Å². The summed E-state index contributed by atoms with van der Waals surface area (Å²) < 4.78 is 4.22. The molecule has 0 aliphatic heterocycles. The molecule has 0 saturated heterocycles. The Morgan fingerprint density at radius 3 is 2.61 bits per heavy atom. The number of aromatic nitrogens is 4. The van der Waals surface area contributed by atoms with Crippen LogP contribution in [0.25, 0.3) is 11.0 Å². The second kappa shape index (κ2) is 8.26. The quantitative estimate of drug-likeness (QED) is 0.632. The van der Waals surface area contributed by atoms with E-state index >= 15 is 0 Å². The Bertz CT molecular complexity index is 1030. The molecule has 3 aromatic rings. The van der Waals surface area contributed by atoms with Crippen LogP contribution in [-0.4, -0.2) is 31.8 Å². The number of carbonyl (C=O) groups excluding carboxylic acids is 1. The maximum absolute atomic E-state index is 12.7. The van der Waals surface area contributed by atoms with E-state index < -0.39 is 0 Å². The summed E-state index contributed by atoms with van der Waals surface area (Å²) in [6, 6.07) is 7.81. The Labute approximate surface area is 171 Å². The van der Waals surface area contributed by atoms with Gasteiger partial charge in [0.25, 0.3) is 5.56 Å². The number of halogens is 1. The first-order valence-corrected chi connectivity index (χ1v) is 9.94. The summed E-state index contributed by atoms with van der Waals surface area (Å²) in [4.78, 5) is 29.1. The van der Waals surface area contributed by atoms with Crippen LogP contribution in [0.4, 0.5) is 0 Å². The molecule has 3 rings (SSSR count). The fourth-order valence-corrected chi connectivity index (χ4v) is 3.17. The van der Waals surface area contributed by atoms with Crippen molar-refractivity contribution in [3.63, 3.8) is 0 Å². The molecule has 1 amide bonds. The molecule has 28 heavy (non-hydrogen) atoms. The topological polar surface area (TPSA) is 81.8 Å². The lowest BCUT2D eigenvalue weighted by Gasteiger charge is -2.17. The third-order valence-corrected chi connectivity index (χ3v) is 4.75. The molecule has 0 fully saturated rings. The predicted molar refractivity (Wildman–Crippen MR) is 112 cm³/mol. The number of carbonyl (C=O) groups is 1. The second-order valence-electron chi connectivity index (χ2n) is 8.00. The molecule has 0 atom stereocenters. The molecular formula is C20H24BrN5O2. The van der Waals surface area contributed by atoms with E-state index in [-0.39, 0.29) is 16.9 Å². The average molecular weight is 446 g/mol. The summed E-state index contributed by atoms with van der Waals surface area (Å²) in [6.45, 7) is 7.42. The van der Waals surface area contributed by atoms with Gasteiger partial charge in [0.2, 0.25) is 5.91 Å². The van der Waals surface area contributed by atoms with Crippen LogP contribution < -0.4 is 10.9 Å². The first-order valence-electron chi connectivity index (χ1n) is 9.15. The zero-order valence-corrected chi connectivity index (χ0v) is 17.9. The third-order valence-electron chi connectivity index (χ3n) is 4.23. The van der Waals surface area contributed by atoms with Gasteiger partial charge in [0, 0.05) is 17.4 Å². The molecule has 1 N–H and O–H groups in total. The van der Waals surface area contributed by atoms with E-state index in [1.807, 2.05) is 45.0 Å². The molecule has 1 aromatic carbocycles. The second-order valence-corrected chi connectivity index (χ2v) is 8.91. The first-order chi connectivity index (χ1) is 13.2. The van der Waals surface area contributed by atoms with E-state index in [2.05, 4.69) is 31.3 Å². The maximum Gasteiger partial charge on any atom is 0.264 e. The molecule has 7 nitrogen and oxygen atoms in total. The highest BCUT2D eigenvalue weighted by atomic mass is 79.9. The number of benzene rings is 1. The minimum Gasteiger partial charge on any atom is -0.354 e. The van der Waals surface area contributed by atoms with Gasteiger partial charge >= 0.3 is 0 Å². The van der Waals surface area contributed by atoms with Gasteiger partial charge in [-0.2, -0.15) is 5.10 Å². The van der Waals surface area contributed by atoms with Crippen molar-refractivity contribution in [3.05, 3.63) is 57.2 Å². The molecule has 0 aliphatic rings. The zero-order valence-electron chi connectivity index (χ0n) is 16.3. The molecule has 0 unspecified atom stereocenters. The largest absolute Gasteiger partial charge is 0.354 e. The van der Waals surface area contributed by atoms with Crippen molar-refractivity contribution < 1.29 is 4.79 Å². The lowest BCUT2D eigenvalue weighted by atomic mass is 9.92. The Hall–Kier alpha value is -2.48. The van der Waals surface area contributed by atoms with Crippen molar-refractivity contribution in [2.75, 3.05) is 6.54 Å². The number of rotatable bonds is 6. The number of fused-ring (bicyclic) bond motifs is 1. The third kappa shape index (κ3) is 5.07. The van der Waals surface area contributed by atoms with Gasteiger partial charge in [-0.3, -0.25) is 14.2 Å². The zero-order chi connectivity index (χ0) is 20.3. The van der Waals surface area contributed by atoms with Crippen molar-refractivity contribution >= 4 is 32.9 Å². The van der Waals surface area contributed by atoms with Crippen LogP contribution in [0.3, 0.4) is 0 Å². The molecule has 0 spiro atoms.